The van der Waals surface area contributed by atoms with Crippen LogP contribution in [0.4, 0.5) is 11.4 Å². The number of hydrogen-bond acceptors (Lipinski definition) is 6. The quantitative estimate of drug-likeness (QED) is 0.418. The van der Waals surface area contributed by atoms with Crippen LogP contribution in [-0.4, -0.2) is 37.2 Å². The number of hydrogen-bond donors (Lipinski definition) is 1. The zero-order valence-electron chi connectivity index (χ0n) is 13.3. The average molecular weight is 417 g/mol. The molecule has 8 nitrogen and oxygen atoms in total. The van der Waals surface area contributed by atoms with E-state index in [1.807, 2.05) is 6.26 Å². The van der Waals surface area contributed by atoms with Crippen molar-refractivity contribution in [2.45, 2.75) is 9.79 Å². The highest BCUT2D eigenvalue weighted by Gasteiger charge is 2.30. The van der Waals surface area contributed by atoms with E-state index in [0.717, 1.165) is 23.1 Å². The van der Waals surface area contributed by atoms with Crippen LogP contribution in [0.15, 0.2) is 52.3 Å². The normalized spacial score (nSPS) is 11.2. The van der Waals surface area contributed by atoms with Crippen molar-refractivity contribution in [2.75, 3.05) is 17.1 Å². The number of carboxylic acids is 1. The molecule has 0 bridgehead atoms. The van der Waals surface area contributed by atoms with E-state index in [1.165, 1.54) is 23.9 Å². The van der Waals surface area contributed by atoms with Crippen LogP contribution in [0.25, 0.3) is 0 Å². The average Bonchev–Trinajstić information content (AvgIpc) is 2.60. The summed E-state index contributed by atoms with van der Waals surface area (Å²) in [7, 11) is -4.30. The number of anilines is 1. The molecular weight excluding hydrogens is 404 g/mol. The molecule has 0 spiro atoms. The van der Waals surface area contributed by atoms with Gasteiger partial charge in [0.2, 0.25) is 0 Å². The third kappa shape index (κ3) is 4.26. The summed E-state index contributed by atoms with van der Waals surface area (Å²) in [5, 5.41) is 20.0. The lowest BCUT2D eigenvalue weighted by Crippen LogP contribution is -2.36. The number of nitro groups is 1. The van der Waals surface area contributed by atoms with Gasteiger partial charge in [-0.2, -0.15) is 0 Å². The van der Waals surface area contributed by atoms with E-state index in [1.54, 1.807) is 12.1 Å². The lowest BCUT2D eigenvalue weighted by atomic mass is 10.3. The first kappa shape index (κ1) is 20.0. The molecule has 0 saturated heterocycles. The molecule has 0 atom stereocenters. The molecule has 2 rings (SSSR count). The van der Waals surface area contributed by atoms with Gasteiger partial charge in [-0.3, -0.25) is 19.2 Å². The SMILES string of the molecule is CSc1ccc(S(=O)(=O)N(CC(=O)O)c2cc([N+](=O)[O-])ccc2Cl)cc1. The molecule has 138 valence electrons. The van der Waals surface area contributed by atoms with Crippen LogP contribution in [0, 0.1) is 10.1 Å². The summed E-state index contributed by atoms with van der Waals surface area (Å²) in [6.45, 7) is -0.937. The van der Waals surface area contributed by atoms with Gasteiger partial charge < -0.3 is 5.11 Å². The van der Waals surface area contributed by atoms with Crippen molar-refractivity contribution in [3.05, 3.63) is 57.6 Å². The highest BCUT2D eigenvalue weighted by molar-refractivity contribution is 7.98. The molecular formula is C15H13ClN2O6S2. The third-order valence-electron chi connectivity index (χ3n) is 3.34. The zero-order valence-corrected chi connectivity index (χ0v) is 15.7. The van der Waals surface area contributed by atoms with Crippen molar-refractivity contribution in [1.82, 2.24) is 0 Å². The van der Waals surface area contributed by atoms with Crippen molar-refractivity contribution < 1.29 is 23.2 Å². The molecule has 2 aromatic rings. The fourth-order valence-corrected chi connectivity index (χ4v) is 4.21. The van der Waals surface area contributed by atoms with Crippen molar-refractivity contribution >= 4 is 50.7 Å². The van der Waals surface area contributed by atoms with E-state index >= 15 is 0 Å². The zero-order chi connectivity index (χ0) is 19.5. The minimum absolute atomic E-state index is 0.124. The van der Waals surface area contributed by atoms with Gasteiger partial charge in [0.25, 0.3) is 15.7 Å². The largest absolute Gasteiger partial charge is 0.480 e. The van der Waals surface area contributed by atoms with Crippen LogP contribution in [0.1, 0.15) is 0 Å². The lowest BCUT2D eigenvalue weighted by molar-refractivity contribution is -0.384. The van der Waals surface area contributed by atoms with E-state index in [4.69, 9.17) is 16.7 Å². The Morgan fingerprint density at radius 3 is 2.38 bits per heavy atom. The van der Waals surface area contributed by atoms with Gasteiger partial charge in [-0.25, -0.2) is 8.42 Å². The molecule has 0 heterocycles. The molecule has 0 aliphatic carbocycles. The first-order valence-corrected chi connectivity index (χ1v) is 10.0. The molecule has 11 heteroatoms. The smallest absolute Gasteiger partial charge is 0.324 e. The molecule has 0 aliphatic heterocycles. The van der Waals surface area contributed by atoms with E-state index in [2.05, 4.69) is 0 Å². The molecule has 0 amide bonds. The fraction of sp³-hybridized carbons (Fsp3) is 0.133. The number of aliphatic carboxylic acids is 1. The summed E-state index contributed by atoms with van der Waals surface area (Å²) < 4.78 is 26.4. The number of rotatable bonds is 7. The molecule has 2 aromatic carbocycles. The van der Waals surface area contributed by atoms with Gasteiger partial charge in [-0.1, -0.05) is 11.6 Å². The highest BCUT2D eigenvalue weighted by Crippen LogP contribution is 2.34. The Bertz CT molecular complexity index is 947. The van der Waals surface area contributed by atoms with Crippen LogP contribution >= 0.6 is 23.4 Å². The number of thioether (sulfide) groups is 1. The van der Waals surface area contributed by atoms with Gasteiger partial charge in [-0.05, 0) is 36.6 Å². The molecule has 0 aromatic heterocycles. The van der Waals surface area contributed by atoms with Crippen molar-refractivity contribution in [2.24, 2.45) is 0 Å². The molecule has 0 fully saturated rings. The van der Waals surface area contributed by atoms with Crippen LogP contribution in [0.2, 0.25) is 5.02 Å². The van der Waals surface area contributed by atoms with Crippen LogP contribution in [0.3, 0.4) is 0 Å². The summed E-state index contributed by atoms with van der Waals surface area (Å²) in [6, 6.07) is 9.00. The molecule has 0 unspecified atom stereocenters. The number of carboxylic acid groups (broad SMARTS) is 1. The summed E-state index contributed by atoms with van der Waals surface area (Å²) in [5.74, 6) is -1.43. The molecule has 1 N–H and O–H groups in total. The number of halogens is 1. The van der Waals surface area contributed by atoms with Gasteiger partial charge >= 0.3 is 5.97 Å². The van der Waals surface area contributed by atoms with Crippen molar-refractivity contribution in [1.29, 1.82) is 0 Å². The standard InChI is InChI=1S/C15H13ClN2O6S2/c1-25-11-3-5-12(6-4-11)26(23,24)17(9-15(19)20)14-8-10(18(21)22)2-7-13(14)16/h2-8H,9H2,1H3,(H,19,20). The van der Waals surface area contributed by atoms with Gasteiger partial charge in [-0.15, -0.1) is 11.8 Å². The van der Waals surface area contributed by atoms with E-state index in [0.29, 0.717) is 4.31 Å². The Morgan fingerprint density at radius 1 is 1.27 bits per heavy atom. The van der Waals surface area contributed by atoms with Crippen LogP contribution in [-0.2, 0) is 14.8 Å². The summed E-state index contributed by atoms with van der Waals surface area (Å²) in [5.41, 5.74) is -0.690. The monoisotopic (exact) mass is 416 g/mol. The van der Waals surface area contributed by atoms with Gasteiger partial charge in [0.05, 0.1) is 20.5 Å². The van der Waals surface area contributed by atoms with Gasteiger partial charge in [0.15, 0.2) is 0 Å². The van der Waals surface area contributed by atoms with Gasteiger partial charge in [0.1, 0.15) is 6.54 Å². The number of benzene rings is 2. The van der Waals surface area contributed by atoms with Crippen LogP contribution < -0.4 is 4.31 Å². The Balaban J connectivity index is 2.61. The summed E-state index contributed by atoms with van der Waals surface area (Å²) >= 11 is 7.41. The van der Waals surface area contributed by atoms with E-state index in [-0.39, 0.29) is 15.6 Å². The topological polar surface area (TPSA) is 118 Å². The molecule has 0 radical (unpaired) electrons. The van der Waals surface area contributed by atoms with E-state index in [9.17, 15) is 23.3 Å². The number of non-ortho nitro benzene ring substituents is 1. The maximum atomic E-state index is 12.9. The number of nitro benzene ring substituents is 1. The van der Waals surface area contributed by atoms with Gasteiger partial charge in [0, 0.05) is 17.0 Å². The van der Waals surface area contributed by atoms with Crippen LogP contribution in [0.5, 0.6) is 0 Å². The summed E-state index contributed by atoms with van der Waals surface area (Å²) in [6.07, 6.45) is 1.82. The maximum absolute atomic E-state index is 12.9. The Hall–Kier alpha value is -2.30. The number of sulfonamides is 1. The maximum Gasteiger partial charge on any atom is 0.324 e. The first-order chi connectivity index (χ1) is 12.2. The first-order valence-electron chi connectivity index (χ1n) is 6.99. The predicted molar refractivity (Wildman–Crippen MR) is 98.5 cm³/mol. The lowest BCUT2D eigenvalue weighted by Gasteiger charge is -2.23. The Morgan fingerprint density at radius 2 is 1.88 bits per heavy atom. The second-order valence-electron chi connectivity index (χ2n) is 4.97. The molecule has 26 heavy (non-hydrogen) atoms. The Kier molecular flexibility index (Phi) is 6.11. The fourth-order valence-electron chi connectivity index (χ4n) is 2.10. The van der Waals surface area contributed by atoms with E-state index < -0.39 is 33.1 Å². The summed E-state index contributed by atoms with van der Waals surface area (Å²) in [4.78, 5) is 22.1. The highest BCUT2D eigenvalue weighted by atomic mass is 35.5. The number of carbonyl (C=O) groups is 1. The number of nitrogens with zero attached hydrogens (tertiary/aromatic N) is 2. The molecule has 0 saturated carbocycles. The van der Waals surface area contributed by atoms with Crippen molar-refractivity contribution in [3.8, 4) is 0 Å². The van der Waals surface area contributed by atoms with Crippen molar-refractivity contribution in [3.63, 3.8) is 0 Å². The molecule has 0 aliphatic rings. The Labute approximate surface area is 158 Å². The second kappa shape index (κ2) is 7.94. The second-order valence-corrected chi connectivity index (χ2v) is 8.12. The minimum atomic E-state index is -4.30. The minimum Gasteiger partial charge on any atom is -0.480 e. The predicted octanol–water partition coefficient (Wildman–Crippen LogP) is 3.25. The third-order valence-corrected chi connectivity index (χ3v) is 6.17.